The molecule has 0 aliphatic heterocycles. The first-order chi connectivity index (χ1) is 9.72. The maximum absolute atomic E-state index is 13.7. The molecular weight excluding hydrogens is 278 g/mol. The van der Waals surface area contributed by atoms with Crippen LogP contribution in [0.3, 0.4) is 0 Å². The van der Waals surface area contributed by atoms with Crippen LogP contribution in [0.5, 0.6) is 0 Å². The highest BCUT2D eigenvalue weighted by atomic mass is 32.1. The lowest BCUT2D eigenvalue weighted by Crippen LogP contribution is -1.90. The lowest BCUT2D eigenvalue weighted by atomic mass is 10.1. The monoisotopic (exact) mass is 288 g/mol. The molecule has 2 nitrogen and oxygen atoms in total. The molecule has 0 amide bonds. The van der Waals surface area contributed by atoms with Crippen molar-refractivity contribution in [1.29, 1.82) is 0 Å². The average molecular weight is 288 g/mol. The summed E-state index contributed by atoms with van der Waals surface area (Å²) in [4.78, 5) is 4.31. The smallest absolute Gasteiger partial charge is 0.187 e. The quantitative estimate of drug-likeness (QED) is 0.746. The molecule has 0 spiro atoms. The zero-order valence-electron chi connectivity index (χ0n) is 10.3. The molecule has 1 N–H and O–H groups in total. The Morgan fingerprint density at radius 2 is 1.80 bits per heavy atom. The molecule has 0 saturated carbocycles. The van der Waals surface area contributed by atoms with E-state index in [9.17, 15) is 8.78 Å². The van der Waals surface area contributed by atoms with Crippen molar-refractivity contribution < 1.29 is 8.78 Å². The number of aromatic nitrogens is 1. The van der Waals surface area contributed by atoms with E-state index in [2.05, 4.69) is 10.3 Å². The Hall–Kier alpha value is -2.27. The SMILES string of the molecule is Fc1ccc(-c2csc(Nc3ccccc3)n2)c(F)c1. The molecule has 0 fully saturated rings. The number of hydrogen-bond acceptors (Lipinski definition) is 3. The molecule has 3 rings (SSSR count). The number of para-hydroxylation sites is 1. The van der Waals surface area contributed by atoms with Crippen molar-refractivity contribution in [3.05, 3.63) is 65.5 Å². The highest BCUT2D eigenvalue weighted by Gasteiger charge is 2.10. The van der Waals surface area contributed by atoms with Crippen molar-refractivity contribution >= 4 is 22.2 Å². The molecule has 0 aliphatic carbocycles. The summed E-state index contributed by atoms with van der Waals surface area (Å²) < 4.78 is 26.6. The minimum absolute atomic E-state index is 0.295. The first-order valence-corrected chi connectivity index (χ1v) is 6.83. The number of rotatable bonds is 3. The third-order valence-corrected chi connectivity index (χ3v) is 3.49. The van der Waals surface area contributed by atoms with E-state index in [4.69, 9.17) is 0 Å². The fourth-order valence-electron chi connectivity index (χ4n) is 1.80. The third kappa shape index (κ3) is 2.67. The van der Waals surface area contributed by atoms with Crippen LogP contribution in [0.15, 0.2) is 53.9 Å². The maximum Gasteiger partial charge on any atom is 0.187 e. The summed E-state index contributed by atoms with van der Waals surface area (Å²) in [6.07, 6.45) is 0. The van der Waals surface area contributed by atoms with Gasteiger partial charge in [-0.15, -0.1) is 11.3 Å². The molecule has 2 aromatic carbocycles. The first-order valence-electron chi connectivity index (χ1n) is 5.95. The van der Waals surface area contributed by atoms with Crippen LogP contribution in [-0.4, -0.2) is 4.98 Å². The second-order valence-electron chi connectivity index (χ2n) is 4.15. The van der Waals surface area contributed by atoms with E-state index >= 15 is 0 Å². The normalized spacial score (nSPS) is 10.5. The van der Waals surface area contributed by atoms with Crippen LogP contribution in [0.4, 0.5) is 19.6 Å². The number of hydrogen-bond donors (Lipinski definition) is 1. The van der Waals surface area contributed by atoms with E-state index in [0.717, 1.165) is 11.8 Å². The van der Waals surface area contributed by atoms with Gasteiger partial charge in [0.05, 0.1) is 5.69 Å². The van der Waals surface area contributed by atoms with Crippen molar-refractivity contribution in [3.8, 4) is 11.3 Å². The summed E-state index contributed by atoms with van der Waals surface area (Å²) in [6.45, 7) is 0. The number of nitrogens with zero attached hydrogens (tertiary/aromatic N) is 1. The Morgan fingerprint density at radius 3 is 2.55 bits per heavy atom. The zero-order chi connectivity index (χ0) is 13.9. The minimum atomic E-state index is -0.610. The predicted octanol–water partition coefficient (Wildman–Crippen LogP) is 4.83. The molecule has 0 aliphatic rings. The number of anilines is 2. The Balaban J connectivity index is 1.87. The number of thiazole rings is 1. The van der Waals surface area contributed by atoms with E-state index < -0.39 is 11.6 Å². The first kappa shape index (κ1) is 12.7. The van der Waals surface area contributed by atoms with Crippen molar-refractivity contribution in [1.82, 2.24) is 4.98 Å². The Kier molecular flexibility index (Phi) is 3.43. The molecule has 20 heavy (non-hydrogen) atoms. The molecular formula is C15H10F2N2S. The standard InChI is InChI=1S/C15H10F2N2S/c16-10-6-7-12(13(17)8-10)14-9-20-15(19-14)18-11-4-2-1-3-5-11/h1-9H,(H,18,19). The van der Waals surface area contributed by atoms with E-state index in [0.29, 0.717) is 16.4 Å². The van der Waals surface area contributed by atoms with Crippen molar-refractivity contribution in [2.24, 2.45) is 0 Å². The van der Waals surface area contributed by atoms with Gasteiger partial charge < -0.3 is 5.32 Å². The number of benzene rings is 2. The average Bonchev–Trinajstić information content (AvgIpc) is 2.88. The summed E-state index contributed by atoms with van der Waals surface area (Å²) in [5.41, 5.74) is 1.70. The van der Waals surface area contributed by atoms with E-state index in [1.807, 2.05) is 30.3 Å². The minimum Gasteiger partial charge on any atom is -0.332 e. The van der Waals surface area contributed by atoms with Crippen LogP contribution in [0.1, 0.15) is 0 Å². The van der Waals surface area contributed by atoms with Crippen LogP contribution < -0.4 is 5.32 Å². The highest BCUT2D eigenvalue weighted by Crippen LogP contribution is 2.28. The van der Waals surface area contributed by atoms with Gasteiger partial charge in [0.2, 0.25) is 0 Å². The van der Waals surface area contributed by atoms with Gasteiger partial charge in [0, 0.05) is 22.7 Å². The van der Waals surface area contributed by atoms with Crippen LogP contribution in [0, 0.1) is 11.6 Å². The number of halogens is 2. The van der Waals surface area contributed by atoms with Gasteiger partial charge >= 0.3 is 0 Å². The summed E-state index contributed by atoms with van der Waals surface area (Å²) in [5.74, 6) is -1.20. The Labute approximate surface area is 118 Å². The van der Waals surface area contributed by atoms with Crippen LogP contribution in [0.2, 0.25) is 0 Å². The molecule has 3 aromatic rings. The van der Waals surface area contributed by atoms with Crippen molar-refractivity contribution in [2.75, 3.05) is 5.32 Å². The van der Waals surface area contributed by atoms with Gasteiger partial charge in [-0.1, -0.05) is 18.2 Å². The van der Waals surface area contributed by atoms with Crippen LogP contribution in [0.25, 0.3) is 11.3 Å². The summed E-state index contributed by atoms with van der Waals surface area (Å²) in [5, 5.41) is 5.54. The zero-order valence-corrected chi connectivity index (χ0v) is 11.1. The van der Waals surface area contributed by atoms with E-state index in [-0.39, 0.29) is 0 Å². The third-order valence-electron chi connectivity index (χ3n) is 2.74. The van der Waals surface area contributed by atoms with Crippen LogP contribution >= 0.6 is 11.3 Å². The molecule has 5 heteroatoms. The van der Waals surface area contributed by atoms with Gasteiger partial charge in [-0.05, 0) is 24.3 Å². The van der Waals surface area contributed by atoms with E-state index in [1.54, 1.807) is 5.38 Å². The fraction of sp³-hybridized carbons (Fsp3) is 0. The molecule has 0 bridgehead atoms. The fourth-order valence-corrected chi connectivity index (χ4v) is 2.53. The van der Waals surface area contributed by atoms with Crippen molar-refractivity contribution in [3.63, 3.8) is 0 Å². The van der Waals surface area contributed by atoms with Gasteiger partial charge in [-0.2, -0.15) is 0 Å². The lowest BCUT2D eigenvalue weighted by Gasteiger charge is -2.01. The predicted molar refractivity (Wildman–Crippen MR) is 77.2 cm³/mol. The second-order valence-corrected chi connectivity index (χ2v) is 5.01. The summed E-state index contributed by atoms with van der Waals surface area (Å²) >= 11 is 1.37. The van der Waals surface area contributed by atoms with Crippen molar-refractivity contribution in [2.45, 2.75) is 0 Å². The molecule has 1 aromatic heterocycles. The summed E-state index contributed by atoms with van der Waals surface area (Å²) in [7, 11) is 0. The lowest BCUT2D eigenvalue weighted by molar-refractivity contribution is 0.585. The van der Waals surface area contributed by atoms with Gasteiger partial charge in [-0.25, -0.2) is 13.8 Å². The number of nitrogens with one attached hydrogen (secondary N) is 1. The molecule has 0 unspecified atom stereocenters. The highest BCUT2D eigenvalue weighted by molar-refractivity contribution is 7.14. The van der Waals surface area contributed by atoms with Gasteiger partial charge in [-0.3, -0.25) is 0 Å². The topological polar surface area (TPSA) is 24.9 Å². The summed E-state index contributed by atoms with van der Waals surface area (Å²) in [6, 6.07) is 13.1. The molecule has 0 atom stereocenters. The van der Waals surface area contributed by atoms with E-state index in [1.165, 1.54) is 23.5 Å². The Morgan fingerprint density at radius 1 is 1.00 bits per heavy atom. The maximum atomic E-state index is 13.7. The largest absolute Gasteiger partial charge is 0.332 e. The van der Waals surface area contributed by atoms with Gasteiger partial charge in [0.1, 0.15) is 11.6 Å². The second kappa shape index (κ2) is 5.38. The van der Waals surface area contributed by atoms with Gasteiger partial charge in [0.15, 0.2) is 5.13 Å². The van der Waals surface area contributed by atoms with Gasteiger partial charge in [0.25, 0.3) is 0 Å². The Bertz CT molecular complexity index is 726. The van der Waals surface area contributed by atoms with Crippen LogP contribution in [-0.2, 0) is 0 Å². The molecule has 1 heterocycles. The molecule has 100 valence electrons. The molecule has 0 radical (unpaired) electrons. The molecule has 0 saturated heterocycles.